The van der Waals surface area contributed by atoms with Gasteiger partial charge in [-0.05, 0) is 46.4 Å². The van der Waals surface area contributed by atoms with Gasteiger partial charge in [-0.2, -0.15) is 0 Å². The van der Waals surface area contributed by atoms with Crippen LogP contribution in [0.2, 0.25) is 0 Å². The van der Waals surface area contributed by atoms with E-state index in [0.717, 1.165) is 6.54 Å². The zero-order valence-corrected chi connectivity index (χ0v) is 10.2. The molecule has 0 rings (SSSR count). The van der Waals surface area contributed by atoms with Crippen LogP contribution in [0, 0.1) is 0 Å². The van der Waals surface area contributed by atoms with Gasteiger partial charge in [-0.1, -0.05) is 13.3 Å². The molecule has 0 N–H and O–H groups in total. The van der Waals surface area contributed by atoms with Gasteiger partial charge in [0, 0.05) is 6.54 Å². The van der Waals surface area contributed by atoms with E-state index in [4.69, 9.17) is 0 Å². The molecule has 0 aromatic heterocycles. The molecule has 3 heteroatoms. The average Bonchev–Trinajstić information content (AvgIpc) is 2.03. The molecule has 13 heavy (non-hydrogen) atoms. The van der Waals surface area contributed by atoms with E-state index < -0.39 is 0 Å². The molecule has 0 aliphatic rings. The number of aliphatic imine (C=N–C) groups is 1. The largest absolute Gasteiger partial charge is 0.309 e. The van der Waals surface area contributed by atoms with Gasteiger partial charge in [0.2, 0.25) is 0 Å². The van der Waals surface area contributed by atoms with Gasteiger partial charge in [-0.3, -0.25) is 0 Å². The molecule has 0 unspecified atom stereocenters. The van der Waals surface area contributed by atoms with Crippen molar-refractivity contribution >= 4 is 18.3 Å². The maximum Gasteiger partial charge on any atom is 0.0455 e. The number of unbranched alkanes of at least 4 members (excludes halogenated alkanes) is 1. The maximum absolute atomic E-state index is 3.61. The van der Waals surface area contributed by atoms with Crippen LogP contribution in [-0.2, 0) is 0 Å². The first-order valence-electron chi connectivity index (χ1n) is 4.52. The van der Waals surface area contributed by atoms with Crippen molar-refractivity contribution in [3.05, 3.63) is 6.58 Å². The fourth-order valence-corrected chi connectivity index (χ4v) is 0.586. The number of nitrogens with zero attached hydrogens (tertiary/aromatic N) is 2. The van der Waals surface area contributed by atoms with Crippen LogP contribution >= 0.6 is 12.4 Å². The summed E-state index contributed by atoms with van der Waals surface area (Å²) in [5.41, 5.74) is 0. The average molecular weight is 207 g/mol. The summed E-state index contributed by atoms with van der Waals surface area (Å²) in [6.45, 7) is 9.44. The minimum Gasteiger partial charge on any atom is -0.309 e. The molecule has 2 nitrogen and oxygen atoms in total. The van der Waals surface area contributed by atoms with Crippen LogP contribution in [0.5, 0.6) is 0 Å². The second kappa shape index (κ2) is 17.7. The van der Waals surface area contributed by atoms with Crippen molar-refractivity contribution in [2.45, 2.75) is 26.7 Å². The van der Waals surface area contributed by atoms with Crippen molar-refractivity contribution in [3.8, 4) is 0 Å². The van der Waals surface area contributed by atoms with Gasteiger partial charge < -0.3 is 4.90 Å². The summed E-state index contributed by atoms with van der Waals surface area (Å²) in [4.78, 5) is 5.82. The molecule has 0 radical (unpaired) electrons. The van der Waals surface area contributed by atoms with Crippen LogP contribution in [0.4, 0.5) is 0 Å². The van der Waals surface area contributed by atoms with Crippen molar-refractivity contribution in [1.82, 2.24) is 4.90 Å². The molecule has 0 heterocycles. The number of halogens is 1. The third-order valence-electron chi connectivity index (χ3n) is 1.23. The van der Waals surface area contributed by atoms with Crippen LogP contribution < -0.4 is 0 Å². The third-order valence-corrected chi connectivity index (χ3v) is 1.23. The van der Waals surface area contributed by atoms with Gasteiger partial charge >= 0.3 is 0 Å². The summed E-state index contributed by atoms with van der Waals surface area (Å²) in [6, 6.07) is 0. The Bertz CT molecular complexity index is 118. The van der Waals surface area contributed by atoms with Gasteiger partial charge in [0.05, 0.1) is 0 Å². The number of rotatable bonds is 4. The summed E-state index contributed by atoms with van der Waals surface area (Å²) in [5, 5.41) is 0. The van der Waals surface area contributed by atoms with Crippen molar-refractivity contribution in [3.63, 3.8) is 0 Å². The summed E-state index contributed by atoms with van der Waals surface area (Å²) in [5.74, 6) is 2.39. The van der Waals surface area contributed by atoms with Gasteiger partial charge in [-0.25, -0.2) is 4.99 Å². The van der Waals surface area contributed by atoms with Crippen LogP contribution in [0.15, 0.2) is 11.6 Å². The van der Waals surface area contributed by atoms with E-state index in [0.29, 0.717) is 0 Å². The van der Waals surface area contributed by atoms with Gasteiger partial charge in [0.15, 0.2) is 0 Å². The zero-order chi connectivity index (χ0) is 9.82. The monoisotopic (exact) mass is 206 g/mol. The zero-order valence-electron chi connectivity index (χ0n) is 9.34. The van der Waals surface area contributed by atoms with E-state index >= 15 is 0 Å². The van der Waals surface area contributed by atoms with Crippen LogP contribution in [0.1, 0.15) is 26.7 Å². The maximum atomic E-state index is 3.61. The van der Waals surface area contributed by atoms with Gasteiger partial charge in [-0.15, -0.1) is 12.4 Å². The Balaban J connectivity index is -0.000000150. The molecular formula is C10H23ClN2. The van der Waals surface area contributed by atoms with E-state index in [1.807, 2.05) is 6.92 Å². The standard InChI is InChI=1S/C6H15N.C4H7N.ClH/c1-4-5-6-7(2)3;1-3-5-4-2;/h4-6H2,1-3H3;1,4H2,2H3;1H. The van der Waals surface area contributed by atoms with E-state index in [1.54, 1.807) is 0 Å². The van der Waals surface area contributed by atoms with Gasteiger partial charge in [0.25, 0.3) is 0 Å². The molecule has 0 atom stereocenters. The van der Waals surface area contributed by atoms with Crippen molar-refractivity contribution in [2.24, 2.45) is 4.99 Å². The lowest BCUT2D eigenvalue weighted by Gasteiger charge is -2.05. The van der Waals surface area contributed by atoms with Crippen LogP contribution in [-0.4, -0.2) is 38.0 Å². The van der Waals surface area contributed by atoms with Crippen LogP contribution in [0.25, 0.3) is 0 Å². The highest BCUT2D eigenvalue weighted by molar-refractivity contribution is 5.85. The third kappa shape index (κ3) is 33.9. The first kappa shape index (κ1) is 18.5. The van der Waals surface area contributed by atoms with E-state index in [-0.39, 0.29) is 12.4 Å². The highest BCUT2D eigenvalue weighted by Gasteiger charge is 1.83. The molecule has 0 aromatic rings. The predicted molar refractivity (Wildman–Crippen MR) is 64.3 cm³/mol. The quantitative estimate of drug-likeness (QED) is 0.646. The lowest BCUT2D eigenvalue weighted by molar-refractivity contribution is 0.398. The Morgan fingerprint density at radius 3 is 1.92 bits per heavy atom. The molecule has 0 aromatic carbocycles. The molecule has 0 bridgehead atoms. The molecule has 0 aliphatic carbocycles. The normalized spacial score (nSPS) is 7.77. The molecule has 80 valence electrons. The van der Waals surface area contributed by atoms with E-state index in [1.165, 1.54) is 19.4 Å². The molecule has 0 spiro atoms. The van der Waals surface area contributed by atoms with Crippen molar-refractivity contribution < 1.29 is 0 Å². The van der Waals surface area contributed by atoms with E-state index in [9.17, 15) is 0 Å². The Morgan fingerprint density at radius 1 is 1.31 bits per heavy atom. The lowest BCUT2D eigenvalue weighted by Crippen LogP contribution is -2.12. The predicted octanol–water partition coefficient (Wildman–Crippen LogP) is 2.63. The highest BCUT2D eigenvalue weighted by Crippen LogP contribution is 1.86. The Hall–Kier alpha value is -0.300. The summed E-state index contributed by atoms with van der Waals surface area (Å²) in [7, 11) is 4.21. The molecular weight excluding hydrogens is 184 g/mol. The number of hydrogen-bond acceptors (Lipinski definition) is 2. The molecule has 0 fully saturated rings. The van der Waals surface area contributed by atoms with E-state index in [2.05, 4.69) is 43.4 Å². The minimum absolute atomic E-state index is 0. The Kier molecular flexibility index (Phi) is 25.2. The number of hydrogen-bond donors (Lipinski definition) is 0. The topological polar surface area (TPSA) is 15.6 Å². The van der Waals surface area contributed by atoms with Crippen molar-refractivity contribution in [1.29, 1.82) is 0 Å². The molecule has 0 aliphatic heterocycles. The summed E-state index contributed by atoms with van der Waals surface area (Å²) >= 11 is 0. The highest BCUT2D eigenvalue weighted by atomic mass is 35.5. The molecule has 0 amide bonds. The smallest absolute Gasteiger partial charge is 0.0455 e. The lowest BCUT2D eigenvalue weighted by atomic mass is 10.3. The van der Waals surface area contributed by atoms with Crippen LogP contribution in [0.3, 0.4) is 0 Å². The summed E-state index contributed by atoms with van der Waals surface area (Å²) < 4.78 is 0. The first-order chi connectivity index (χ1) is 5.68. The second-order valence-corrected chi connectivity index (χ2v) is 2.79. The molecule has 0 saturated heterocycles. The van der Waals surface area contributed by atoms with Crippen molar-refractivity contribution in [2.75, 3.05) is 27.2 Å². The molecule has 0 saturated carbocycles. The SMILES string of the molecule is C=C=NCC.CCCCN(C)C.Cl. The second-order valence-electron chi connectivity index (χ2n) is 2.79. The van der Waals surface area contributed by atoms with Gasteiger partial charge in [0.1, 0.15) is 0 Å². The Morgan fingerprint density at radius 2 is 1.85 bits per heavy atom. The Labute approximate surface area is 89.1 Å². The fraction of sp³-hybridized carbons (Fsp3) is 0.800. The summed E-state index contributed by atoms with van der Waals surface area (Å²) in [6.07, 6.45) is 2.63. The minimum atomic E-state index is 0. The fourth-order valence-electron chi connectivity index (χ4n) is 0.586. The first-order valence-corrected chi connectivity index (χ1v) is 4.52.